The highest BCUT2D eigenvalue weighted by atomic mass is 79.9. The van der Waals surface area contributed by atoms with Crippen molar-refractivity contribution < 1.29 is 13.2 Å². The van der Waals surface area contributed by atoms with Crippen LogP contribution in [0, 0.1) is 0 Å². The van der Waals surface area contributed by atoms with Crippen LogP contribution >= 0.6 is 15.9 Å². The van der Waals surface area contributed by atoms with Crippen LogP contribution in [-0.4, -0.2) is 26.3 Å². The molecular formula is C11H11BrF3N5. The van der Waals surface area contributed by atoms with E-state index < -0.39 is 11.7 Å². The molecule has 5 nitrogen and oxygen atoms in total. The third-order valence-corrected chi connectivity index (χ3v) is 3.04. The van der Waals surface area contributed by atoms with E-state index in [2.05, 4.69) is 36.4 Å². The third-order valence-electron chi connectivity index (χ3n) is 2.61. The van der Waals surface area contributed by atoms with Crippen molar-refractivity contribution in [1.82, 2.24) is 19.7 Å². The average Bonchev–Trinajstić information content (AvgIpc) is 2.76. The molecule has 2 rings (SSSR count). The highest BCUT2D eigenvalue weighted by Gasteiger charge is 2.34. The molecule has 0 bridgehead atoms. The standard InChI is InChI=1S/C11H11BrF3N5/c1-20-6-18-19-9(20)2-3-16-10-8(11(13,14)15)4-7(12)5-17-10/h4-6H,2-3H2,1H3,(H,16,17). The first kappa shape index (κ1) is 14.8. The SMILES string of the molecule is Cn1cnnc1CCNc1ncc(Br)cc1C(F)(F)F. The summed E-state index contributed by atoms with van der Waals surface area (Å²) in [5.41, 5.74) is -0.801. The minimum Gasteiger partial charge on any atom is -0.369 e. The Morgan fingerprint density at radius 1 is 1.40 bits per heavy atom. The zero-order chi connectivity index (χ0) is 14.8. The summed E-state index contributed by atoms with van der Waals surface area (Å²) in [5.74, 6) is 0.492. The lowest BCUT2D eigenvalue weighted by atomic mass is 10.2. The first-order chi connectivity index (χ1) is 9.38. The molecule has 108 valence electrons. The fourth-order valence-corrected chi connectivity index (χ4v) is 1.95. The van der Waals surface area contributed by atoms with Crippen molar-refractivity contribution in [3.63, 3.8) is 0 Å². The number of nitrogens with one attached hydrogen (secondary N) is 1. The number of aryl methyl sites for hydroxylation is 1. The number of hydrogen-bond donors (Lipinski definition) is 1. The van der Waals surface area contributed by atoms with Gasteiger partial charge in [-0.15, -0.1) is 10.2 Å². The maximum Gasteiger partial charge on any atom is 0.419 e. The lowest BCUT2D eigenvalue weighted by Gasteiger charge is -2.13. The van der Waals surface area contributed by atoms with Crippen molar-refractivity contribution in [3.8, 4) is 0 Å². The van der Waals surface area contributed by atoms with Crippen molar-refractivity contribution in [1.29, 1.82) is 0 Å². The summed E-state index contributed by atoms with van der Waals surface area (Å²) in [4.78, 5) is 3.77. The number of nitrogens with zero attached hydrogens (tertiary/aromatic N) is 4. The fraction of sp³-hybridized carbons (Fsp3) is 0.364. The monoisotopic (exact) mass is 349 g/mol. The first-order valence-corrected chi connectivity index (χ1v) is 6.46. The van der Waals surface area contributed by atoms with Gasteiger partial charge >= 0.3 is 6.18 Å². The van der Waals surface area contributed by atoms with Crippen LogP contribution in [0.2, 0.25) is 0 Å². The number of rotatable bonds is 4. The smallest absolute Gasteiger partial charge is 0.369 e. The van der Waals surface area contributed by atoms with Crippen molar-refractivity contribution in [2.24, 2.45) is 7.05 Å². The second-order valence-corrected chi connectivity index (χ2v) is 5.00. The van der Waals surface area contributed by atoms with Gasteiger partial charge in [0.25, 0.3) is 0 Å². The van der Waals surface area contributed by atoms with Crippen LogP contribution in [-0.2, 0) is 19.6 Å². The van der Waals surface area contributed by atoms with E-state index in [0.717, 1.165) is 6.07 Å². The van der Waals surface area contributed by atoms with Crippen LogP contribution in [0.15, 0.2) is 23.1 Å². The second-order valence-electron chi connectivity index (χ2n) is 4.08. The Bertz CT molecular complexity index is 596. The molecule has 2 aromatic rings. The first-order valence-electron chi connectivity index (χ1n) is 5.67. The summed E-state index contributed by atoms with van der Waals surface area (Å²) < 4.78 is 40.6. The van der Waals surface area contributed by atoms with Gasteiger partial charge < -0.3 is 9.88 Å². The number of pyridine rings is 1. The van der Waals surface area contributed by atoms with E-state index in [4.69, 9.17) is 0 Å². The molecule has 9 heteroatoms. The molecule has 0 unspecified atom stereocenters. The minimum atomic E-state index is -4.45. The molecule has 0 aromatic carbocycles. The van der Waals surface area contributed by atoms with Gasteiger partial charge in [0.05, 0.1) is 5.56 Å². The van der Waals surface area contributed by atoms with Gasteiger partial charge in [0.1, 0.15) is 18.0 Å². The molecule has 0 spiro atoms. The van der Waals surface area contributed by atoms with Gasteiger partial charge in [-0.3, -0.25) is 0 Å². The molecule has 0 saturated carbocycles. The predicted molar refractivity (Wildman–Crippen MR) is 70.1 cm³/mol. The molecule has 2 aromatic heterocycles. The van der Waals surface area contributed by atoms with Gasteiger partial charge in [-0.2, -0.15) is 13.2 Å². The Kier molecular flexibility index (Phi) is 4.26. The summed E-state index contributed by atoms with van der Waals surface area (Å²) in [7, 11) is 1.77. The minimum absolute atomic E-state index is 0.192. The molecule has 0 atom stereocenters. The number of alkyl halides is 3. The van der Waals surface area contributed by atoms with E-state index in [-0.39, 0.29) is 16.8 Å². The molecule has 1 N–H and O–H groups in total. The van der Waals surface area contributed by atoms with E-state index in [1.807, 2.05) is 0 Å². The quantitative estimate of drug-likeness (QED) is 0.921. The van der Waals surface area contributed by atoms with Crippen molar-refractivity contribution in [2.75, 3.05) is 11.9 Å². The van der Waals surface area contributed by atoms with E-state index in [0.29, 0.717) is 12.2 Å². The van der Waals surface area contributed by atoms with Crippen LogP contribution in [0.3, 0.4) is 0 Å². The Labute approximate surface area is 121 Å². The normalized spacial score (nSPS) is 11.7. The van der Waals surface area contributed by atoms with Gasteiger partial charge in [-0.1, -0.05) is 0 Å². The summed E-state index contributed by atoms with van der Waals surface area (Å²) in [6.45, 7) is 0.282. The van der Waals surface area contributed by atoms with Crippen LogP contribution in [0.4, 0.5) is 19.0 Å². The molecule has 2 heterocycles. The van der Waals surface area contributed by atoms with E-state index in [9.17, 15) is 13.2 Å². The molecular weight excluding hydrogens is 339 g/mol. The van der Waals surface area contributed by atoms with Gasteiger partial charge in [0, 0.05) is 30.7 Å². The number of hydrogen-bond acceptors (Lipinski definition) is 4. The van der Waals surface area contributed by atoms with Gasteiger partial charge in [-0.05, 0) is 22.0 Å². The maximum atomic E-state index is 12.9. The van der Waals surface area contributed by atoms with Gasteiger partial charge in [0.2, 0.25) is 0 Å². The maximum absolute atomic E-state index is 12.9. The topological polar surface area (TPSA) is 55.6 Å². The molecule has 0 amide bonds. The zero-order valence-corrected chi connectivity index (χ0v) is 12.0. The van der Waals surface area contributed by atoms with E-state index >= 15 is 0 Å². The molecule has 0 aliphatic carbocycles. The highest BCUT2D eigenvalue weighted by molar-refractivity contribution is 9.10. The summed E-state index contributed by atoms with van der Waals surface area (Å²) in [6, 6.07) is 0.998. The fourth-order valence-electron chi connectivity index (χ4n) is 1.62. The Morgan fingerprint density at radius 3 is 2.75 bits per heavy atom. The lowest BCUT2D eigenvalue weighted by Crippen LogP contribution is -2.15. The molecule has 0 saturated heterocycles. The summed E-state index contributed by atoms with van der Waals surface area (Å²) in [6.07, 6.45) is -1.15. The van der Waals surface area contributed by atoms with Crippen molar-refractivity contribution in [2.45, 2.75) is 12.6 Å². The van der Waals surface area contributed by atoms with Crippen LogP contribution in [0.5, 0.6) is 0 Å². The zero-order valence-electron chi connectivity index (χ0n) is 10.4. The average molecular weight is 350 g/mol. The van der Waals surface area contributed by atoms with Crippen molar-refractivity contribution >= 4 is 21.7 Å². The largest absolute Gasteiger partial charge is 0.419 e. The number of aromatic nitrogens is 4. The highest BCUT2D eigenvalue weighted by Crippen LogP contribution is 2.35. The predicted octanol–water partition coefficient (Wildman–Crippen LogP) is 2.65. The van der Waals surface area contributed by atoms with E-state index in [1.54, 1.807) is 11.6 Å². The summed E-state index contributed by atoms with van der Waals surface area (Å²) >= 11 is 2.99. The molecule has 0 aliphatic rings. The Morgan fingerprint density at radius 2 is 2.15 bits per heavy atom. The number of anilines is 1. The third kappa shape index (κ3) is 3.47. The second kappa shape index (κ2) is 5.78. The van der Waals surface area contributed by atoms with Crippen LogP contribution < -0.4 is 5.32 Å². The van der Waals surface area contributed by atoms with Gasteiger partial charge in [0.15, 0.2) is 0 Å². The Hall–Kier alpha value is -1.64. The van der Waals surface area contributed by atoms with Gasteiger partial charge in [-0.25, -0.2) is 4.98 Å². The van der Waals surface area contributed by atoms with Crippen LogP contribution in [0.25, 0.3) is 0 Å². The Balaban J connectivity index is 2.08. The van der Waals surface area contributed by atoms with Crippen molar-refractivity contribution in [3.05, 3.63) is 34.5 Å². The number of halogens is 4. The molecule has 0 fully saturated rings. The molecule has 0 aliphatic heterocycles. The van der Waals surface area contributed by atoms with E-state index in [1.165, 1.54) is 12.5 Å². The molecule has 20 heavy (non-hydrogen) atoms. The lowest BCUT2D eigenvalue weighted by molar-refractivity contribution is -0.137. The summed E-state index contributed by atoms with van der Waals surface area (Å²) in [5, 5.41) is 10.2. The molecule has 0 radical (unpaired) electrons. The van der Waals surface area contributed by atoms with Crippen LogP contribution in [0.1, 0.15) is 11.4 Å².